The number of alkyl halides is 3. The molecule has 1 aromatic rings. The Bertz CT molecular complexity index is 352. The smallest absolute Gasteiger partial charge is 0.319 e. The molecule has 0 heterocycles. The maximum absolute atomic E-state index is 12.2. The lowest BCUT2D eigenvalue weighted by Crippen LogP contribution is -2.08. The molecule has 1 aromatic carbocycles. The lowest BCUT2D eigenvalue weighted by Gasteiger charge is -2.07. The van der Waals surface area contributed by atoms with E-state index in [2.05, 4.69) is 5.32 Å². The Morgan fingerprint density at radius 2 is 2.07 bits per heavy atom. The third-order valence-corrected chi connectivity index (χ3v) is 1.63. The highest BCUT2D eigenvalue weighted by molar-refractivity contribution is 5.25. The van der Waals surface area contributed by atoms with Crippen molar-refractivity contribution in [1.82, 2.24) is 5.32 Å². The summed E-state index contributed by atoms with van der Waals surface area (Å²) in [6.45, 7) is 0.112. The maximum Gasteiger partial charge on any atom is 0.416 e. The van der Waals surface area contributed by atoms with Crippen molar-refractivity contribution in [2.75, 3.05) is 0 Å². The van der Waals surface area contributed by atoms with Gasteiger partial charge in [-0.2, -0.15) is 18.4 Å². The molecular formula is C9H7F3N2. The monoisotopic (exact) mass is 200 g/mol. The van der Waals surface area contributed by atoms with Crippen LogP contribution in [-0.4, -0.2) is 0 Å². The zero-order chi connectivity index (χ0) is 10.6. The van der Waals surface area contributed by atoms with Crippen LogP contribution in [-0.2, 0) is 12.7 Å². The Labute approximate surface area is 79.0 Å². The second-order valence-corrected chi connectivity index (χ2v) is 2.66. The summed E-state index contributed by atoms with van der Waals surface area (Å²) in [5.74, 6) is 0. The normalized spacial score (nSPS) is 10.7. The number of benzene rings is 1. The fraction of sp³-hybridized carbons (Fsp3) is 0.222. The molecule has 1 rings (SSSR count). The van der Waals surface area contributed by atoms with Crippen molar-refractivity contribution >= 4 is 0 Å². The fourth-order valence-corrected chi connectivity index (χ4v) is 0.999. The van der Waals surface area contributed by atoms with E-state index in [4.69, 9.17) is 5.26 Å². The largest absolute Gasteiger partial charge is 0.416 e. The highest BCUT2D eigenvalue weighted by Crippen LogP contribution is 2.29. The summed E-state index contributed by atoms with van der Waals surface area (Å²) in [5.41, 5.74) is -0.267. The van der Waals surface area contributed by atoms with Gasteiger partial charge in [-0.15, -0.1) is 0 Å². The average molecular weight is 200 g/mol. The van der Waals surface area contributed by atoms with Gasteiger partial charge in [0.2, 0.25) is 0 Å². The van der Waals surface area contributed by atoms with E-state index >= 15 is 0 Å². The molecule has 0 saturated heterocycles. The third-order valence-electron chi connectivity index (χ3n) is 1.63. The van der Waals surface area contributed by atoms with Crippen LogP contribution in [0.4, 0.5) is 13.2 Å². The van der Waals surface area contributed by atoms with E-state index in [-0.39, 0.29) is 6.54 Å². The lowest BCUT2D eigenvalue weighted by molar-refractivity contribution is -0.137. The van der Waals surface area contributed by atoms with Gasteiger partial charge in [0, 0.05) is 6.54 Å². The Kier molecular flexibility index (Phi) is 2.97. The van der Waals surface area contributed by atoms with Crippen molar-refractivity contribution in [3.63, 3.8) is 0 Å². The molecule has 2 nitrogen and oxygen atoms in total. The van der Waals surface area contributed by atoms with Crippen LogP contribution >= 0.6 is 0 Å². The minimum atomic E-state index is -4.33. The first-order valence-corrected chi connectivity index (χ1v) is 3.82. The highest BCUT2D eigenvalue weighted by atomic mass is 19.4. The van der Waals surface area contributed by atoms with Gasteiger partial charge in [0.15, 0.2) is 6.19 Å². The Hall–Kier alpha value is -1.70. The van der Waals surface area contributed by atoms with Gasteiger partial charge in [-0.25, -0.2) is 0 Å². The zero-order valence-corrected chi connectivity index (χ0v) is 7.10. The number of nitrogens with zero attached hydrogens (tertiary/aromatic N) is 1. The van der Waals surface area contributed by atoms with E-state index in [0.717, 1.165) is 12.1 Å². The number of halogens is 3. The van der Waals surface area contributed by atoms with Crippen molar-refractivity contribution in [2.24, 2.45) is 0 Å². The summed E-state index contributed by atoms with van der Waals surface area (Å²) in [4.78, 5) is 0. The Morgan fingerprint density at radius 1 is 1.36 bits per heavy atom. The zero-order valence-electron chi connectivity index (χ0n) is 7.10. The maximum atomic E-state index is 12.2. The van der Waals surface area contributed by atoms with Gasteiger partial charge in [-0.1, -0.05) is 12.1 Å². The van der Waals surface area contributed by atoms with Crippen LogP contribution in [0.2, 0.25) is 0 Å². The van der Waals surface area contributed by atoms with Gasteiger partial charge in [0.25, 0.3) is 0 Å². The van der Waals surface area contributed by atoms with Crippen LogP contribution in [0.25, 0.3) is 0 Å². The molecule has 0 saturated carbocycles. The predicted molar refractivity (Wildman–Crippen MR) is 43.9 cm³/mol. The number of nitriles is 1. The minimum absolute atomic E-state index is 0.112. The molecule has 74 valence electrons. The SMILES string of the molecule is N#CNCc1cccc(C(F)(F)F)c1. The van der Waals surface area contributed by atoms with Gasteiger partial charge < -0.3 is 5.32 Å². The topological polar surface area (TPSA) is 35.8 Å². The van der Waals surface area contributed by atoms with Gasteiger partial charge in [-0.3, -0.25) is 0 Å². The highest BCUT2D eigenvalue weighted by Gasteiger charge is 2.30. The quantitative estimate of drug-likeness (QED) is 0.587. The summed E-state index contributed by atoms with van der Waals surface area (Å²) >= 11 is 0. The average Bonchev–Trinajstić information content (AvgIpc) is 2.14. The van der Waals surface area contributed by atoms with Crippen LogP contribution in [0.15, 0.2) is 24.3 Å². The second kappa shape index (κ2) is 4.01. The third kappa shape index (κ3) is 2.66. The van der Waals surface area contributed by atoms with E-state index in [0.29, 0.717) is 5.56 Å². The molecule has 0 bridgehead atoms. The number of hydrogen-bond acceptors (Lipinski definition) is 2. The molecule has 0 unspecified atom stereocenters. The summed E-state index contributed by atoms with van der Waals surface area (Å²) < 4.78 is 36.6. The Morgan fingerprint density at radius 3 is 2.64 bits per heavy atom. The molecule has 0 aliphatic carbocycles. The van der Waals surface area contributed by atoms with Gasteiger partial charge in [0.1, 0.15) is 0 Å². The summed E-state index contributed by atoms with van der Waals surface area (Å²) in [6, 6.07) is 4.86. The van der Waals surface area contributed by atoms with Crippen LogP contribution in [0, 0.1) is 11.5 Å². The molecule has 1 N–H and O–H groups in total. The fourth-order valence-electron chi connectivity index (χ4n) is 0.999. The molecule has 0 aliphatic heterocycles. The summed E-state index contributed by atoms with van der Waals surface area (Å²) in [7, 11) is 0. The molecule has 5 heteroatoms. The summed E-state index contributed by atoms with van der Waals surface area (Å²) in [6.07, 6.45) is -2.69. The van der Waals surface area contributed by atoms with Crippen molar-refractivity contribution in [1.29, 1.82) is 5.26 Å². The van der Waals surface area contributed by atoms with Crippen LogP contribution in [0.5, 0.6) is 0 Å². The first kappa shape index (κ1) is 10.4. The van der Waals surface area contributed by atoms with Crippen molar-refractivity contribution < 1.29 is 13.2 Å². The van der Waals surface area contributed by atoms with Crippen molar-refractivity contribution in [3.8, 4) is 6.19 Å². The van der Waals surface area contributed by atoms with E-state index in [9.17, 15) is 13.2 Å². The van der Waals surface area contributed by atoms with E-state index < -0.39 is 11.7 Å². The van der Waals surface area contributed by atoms with Crippen LogP contribution < -0.4 is 5.32 Å². The number of rotatable bonds is 2. The molecule has 0 aliphatic rings. The molecule has 0 atom stereocenters. The molecule has 0 spiro atoms. The lowest BCUT2D eigenvalue weighted by atomic mass is 10.1. The number of hydrogen-bond donors (Lipinski definition) is 1. The number of nitrogens with one attached hydrogen (secondary N) is 1. The molecule has 0 radical (unpaired) electrons. The van der Waals surface area contributed by atoms with Crippen LogP contribution in [0.1, 0.15) is 11.1 Å². The van der Waals surface area contributed by atoms with Crippen molar-refractivity contribution in [3.05, 3.63) is 35.4 Å². The first-order chi connectivity index (χ1) is 6.54. The predicted octanol–water partition coefficient (Wildman–Crippen LogP) is 2.28. The molecule has 0 aromatic heterocycles. The van der Waals surface area contributed by atoms with Gasteiger partial charge in [0.05, 0.1) is 5.56 Å². The Balaban J connectivity index is 2.86. The standard InChI is InChI=1S/C9H7F3N2/c10-9(11,12)8-3-1-2-7(4-8)5-14-6-13/h1-4,14H,5H2. The summed E-state index contributed by atoms with van der Waals surface area (Å²) in [5, 5.41) is 10.5. The van der Waals surface area contributed by atoms with Crippen molar-refractivity contribution in [2.45, 2.75) is 12.7 Å². The molecular weight excluding hydrogens is 193 g/mol. The van der Waals surface area contributed by atoms with E-state index in [1.54, 1.807) is 6.19 Å². The second-order valence-electron chi connectivity index (χ2n) is 2.66. The van der Waals surface area contributed by atoms with Gasteiger partial charge >= 0.3 is 6.18 Å². The van der Waals surface area contributed by atoms with Gasteiger partial charge in [-0.05, 0) is 17.7 Å². The first-order valence-electron chi connectivity index (χ1n) is 3.82. The molecule has 0 amide bonds. The van der Waals surface area contributed by atoms with E-state index in [1.807, 2.05) is 0 Å². The molecule has 0 fully saturated rings. The molecule has 14 heavy (non-hydrogen) atoms. The minimum Gasteiger partial charge on any atom is -0.319 e. The van der Waals surface area contributed by atoms with Crippen LogP contribution in [0.3, 0.4) is 0 Å². The van der Waals surface area contributed by atoms with E-state index in [1.165, 1.54) is 12.1 Å².